The molecule has 0 N–H and O–H groups in total. The molecular formula is C24H23N3S. The Morgan fingerprint density at radius 2 is 1.57 bits per heavy atom. The largest absolute Gasteiger partial charge is 0.251 e. The maximum absolute atomic E-state index is 4.99. The lowest BCUT2D eigenvalue weighted by molar-refractivity contribution is 1.08. The highest BCUT2D eigenvalue weighted by Crippen LogP contribution is 2.30. The normalized spacial score (nSPS) is 11.9. The first-order chi connectivity index (χ1) is 13.7. The Labute approximate surface area is 169 Å². The molecule has 2 aromatic heterocycles. The Morgan fingerprint density at radius 1 is 0.857 bits per heavy atom. The van der Waals surface area contributed by atoms with Crippen LogP contribution in [0, 0.1) is 0 Å². The van der Waals surface area contributed by atoms with Gasteiger partial charge in [-0.05, 0) is 55.2 Å². The second-order valence-electron chi connectivity index (χ2n) is 6.72. The molecule has 0 aliphatic carbocycles. The lowest BCUT2D eigenvalue weighted by atomic mass is 10.0. The van der Waals surface area contributed by atoms with Gasteiger partial charge < -0.3 is 0 Å². The summed E-state index contributed by atoms with van der Waals surface area (Å²) in [7, 11) is 0. The van der Waals surface area contributed by atoms with E-state index in [0.717, 1.165) is 46.2 Å². The molecule has 0 bridgehead atoms. The first-order valence-corrected chi connectivity index (χ1v) is 10.5. The van der Waals surface area contributed by atoms with E-state index in [0.29, 0.717) is 0 Å². The molecule has 0 fully saturated rings. The van der Waals surface area contributed by atoms with E-state index in [4.69, 9.17) is 15.0 Å². The fourth-order valence-electron chi connectivity index (χ4n) is 3.32. The number of para-hydroxylation sites is 2. The van der Waals surface area contributed by atoms with Crippen LogP contribution in [0.2, 0.25) is 0 Å². The number of hydrogen-bond acceptors (Lipinski definition) is 4. The summed E-state index contributed by atoms with van der Waals surface area (Å²) in [5.74, 6) is 0. The molecule has 0 aliphatic rings. The summed E-state index contributed by atoms with van der Waals surface area (Å²) in [4.78, 5) is 14.6. The molecule has 0 saturated carbocycles. The third kappa shape index (κ3) is 3.60. The van der Waals surface area contributed by atoms with Crippen LogP contribution < -0.4 is 0 Å². The highest BCUT2D eigenvalue weighted by molar-refractivity contribution is 7.21. The molecule has 28 heavy (non-hydrogen) atoms. The Hall–Kier alpha value is -2.85. The van der Waals surface area contributed by atoms with Crippen LogP contribution in [0.5, 0.6) is 0 Å². The van der Waals surface area contributed by atoms with Gasteiger partial charge in [0.1, 0.15) is 5.01 Å². The number of benzene rings is 2. The van der Waals surface area contributed by atoms with Crippen molar-refractivity contribution >= 4 is 33.0 Å². The van der Waals surface area contributed by atoms with Crippen molar-refractivity contribution in [1.29, 1.82) is 0 Å². The number of hydrogen-bond donors (Lipinski definition) is 0. The molecule has 0 aliphatic heterocycles. The van der Waals surface area contributed by atoms with Gasteiger partial charge >= 0.3 is 0 Å². The van der Waals surface area contributed by atoms with Gasteiger partial charge in [0.25, 0.3) is 0 Å². The number of aliphatic imine (C=N–C) groups is 1. The van der Waals surface area contributed by atoms with Gasteiger partial charge in [-0.25, -0.2) is 9.97 Å². The zero-order valence-electron chi connectivity index (χ0n) is 16.4. The van der Waals surface area contributed by atoms with Crippen LogP contribution in [0.3, 0.4) is 0 Å². The van der Waals surface area contributed by atoms with Crippen molar-refractivity contribution in [2.24, 2.45) is 4.99 Å². The molecule has 4 heteroatoms. The summed E-state index contributed by atoms with van der Waals surface area (Å²) < 4.78 is 1.18. The standard InChI is InChI=1S/C24H23N3S/c1-4-17-10-8-11-18(5-2)23(17)25-16(3)19-13-9-14-21(26-19)24-27-20-12-6-7-15-22(20)28-24/h6-15H,4-5H2,1-3H3. The van der Waals surface area contributed by atoms with Crippen molar-refractivity contribution in [2.45, 2.75) is 33.6 Å². The number of rotatable bonds is 5. The first kappa shape index (κ1) is 18.5. The molecule has 2 aromatic carbocycles. The molecule has 4 aromatic rings. The summed E-state index contributed by atoms with van der Waals surface area (Å²) in [5, 5.41) is 0.944. The summed E-state index contributed by atoms with van der Waals surface area (Å²) in [6.07, 6.45) is 1.94. The number of pyridine rings is 1. The van der Waals surface area contributed by atoms with Crippen LogP contribution in [0.4, 0.5) is 5.69 Å². The van der Waals surface area contributed by atoms with Crippen molar-refractivity contribution in [3.63, 3.8) is 0 Å². The number of nitrogens with zero attached hydrogens (tertiary/aromatic N) is 3. The molecular weight excluding hydrogens is 362 g/mol. The Morgan fingerprint density at radius 3 is 2.29 bits per heavy atom. The summed E-state index contributed by atoms with van der Waals surface area (Å²) in [6, 6.07) is 20.7. The zero-order chi connectivity index (χ0) is 19.5. The summed E-state index contributed by atoms with van der Waals surface area (Å²) in [5.41, 5.74) is 7.39. The predicted molar refractivity (Wildman–Crippen MR) is 120 cm³/mol. The number of aromatic nitrogens is 2. The van der Waals surface area contributed by atoms with Gasteiger partial charge in [0.2, 0.25) is 0 Å². The van der Waals surface area contributed by atoms with Gasteiger partial charge in [0.15, 0.2) is 0 Å². The van der Waals surface area contributed by atoms with E-state index < -0.39 is 0 Å². The minimum atomic E-state index is 0.893. The number of fused-ring (bicyclic) bond motifs is 1. The monoisotopic (exact) mass is 385 g/mol. The fraction of sp³-hybridized carbons (Fsp3) is 0.208. The SMILES string of the molecule is CCc1cccc(CC)c1N=C(C)c1cccc(-c2nc3ccccc3s2)n1. The first-order valence-electron chi connectivity index (χ1n) is 9.69. The second kappa shape index (κ2) is 8.03. The van der Waals surface area contributed by atoms with Crippen LogP contribution in [-0.2, 0) is 12.8 Å². The number of aryl methyl sites for hydroxylation is 2. The van der Waals surface area contributed by atoms with E-state index in [9.17, 15) is 0 Å². The van der Waals surface area contributed by atoms with Crippen molar-refractivity contribution in [3.8, 4) is 10.7 Å². The second-order valence-corrected chi connectivity index (χ2v) is 7.75. The van der Waals surface area contributed by atoms with E-state index in [2.05, 4.69) is 38.1 Å². The lowest BCUT2D eigenvalue weighted by Crippen LogP contribution is -2.00. The van der Waals surface area contributed by atoms with Gasteiger partial charge in [-0.3, -0.25) is 4.99 Å². The van der Waals surface area contributed by atoms with Crippen LogP contribution in [0.1, 0.15) is 37.6 Å². The van der Waals surface area contributed by atoms with Crippen molar-refractivity contribution < 1.29 is 0 Å². The molecule has 140 valence electrons. The van der Waals surface area contributed by atoms with Crippen LogP contribution in [0.15, 0.2) is 65.7 Å². The van der Waals surface area contributed by atoms with E-state index in [1.807, 2.05) is 43.3 Å². The van der Waals surface area contributed by atoms with Crippen LogP contribution in [-0.4, -0.2) is 15.7 Å². The van der Waals surface area contributed by atoms with Gasteiger partial charge in [-0.2, -0.15) is 0 Å². The van der Waals surface area contributed by atoms with E-state index >= 15 is 0 Å². The molecule has 3 nitrogen and oxygen atoms in total. The molecule has 4 rings (SSSR count). The summed E-state index contributed by atoms with van der Waals surface area (Å²) >= 11 is 1.67. The van der Waals surface area contributed by atoms with E-state index in [1.165, 1.54) is 15.8 Å². The van der Waals surface area contributed by atoms with E-state index in [1.54, 1.807) is 11.3 Å². The highest BCUT2D eigenvalue weighted by atomic mass is 32.1. The van der Waals surface area contributed by atoms with E-state index in [-0.39, 0.29) is 0 Å². The van der Waals surface area contributed by atoms with Gasteiger partial charge in [0, 0.05) is 0 Å². The van der Waals surface area contributed by atoms with Crippen molar-refractivity contribution in [1.82, 2.24) is 9.97 Å². The van der Waals surface area contributed by atoms with Gasteiger partial charge in [-0.1, -0.05) is 50.2 Å². The molecule has 0 spiro atoms. The number of thiazole rings is 1. The Kier molecular flexibility index (Phi) is 5.31. The van der Waals surface area contributed by atoms with Crippen molar-refractivity contribution in [3.05, 3.63) is 77.5 Å². The Balaban J connectivity index is 1.74. The molecule has 0 amide bonds. The summed E-state index contributed by atoms with van der Waals surface area (Å²) in [6.45, 7) is 6.39. The van der Waals surface area contributed by atoms with Gasteiger partial charge in [0.05, 0.1) is 33.0 Å². The topological polar surface area (TPSA) is 38.1 Å². The molecule has 0 saturated heterocycles. The zero-order valence-corrected chi connectivity index (χ0v) is 17.3. The maximum Gasteiger partial charge on any atom is 0.143 e. The van der Waals surface area contributed by atoms with Gasteiger partial charge in [-0.15, -0.1) is 11.3 Å². The third-order valence-corrected chi connectivity index (χ3v) is 5.94. The van der Waals surface area contributed by atoms with Crippen LogP contribution >= 0.6 is 11.3 Å². The lowest BCUT2D eigenvalue weighted by Gasteiger charge is -2.10. The fourth-order valence-corrected chi connectivity index (χ4v) is 4.26. The minimum absolute atomic E-state index is 0.893. The smallest absolute Gasteiger partial charge is 0.143 e. The quantitative estimate of drug-likeness (QED) is 0.362. The third-order valence-electron chi connectivity index (χ3n) is 4.88. The molecule has 0 radical (unpaired) electrons. The van der Waals surface area contributed by atoms with Crippen molar-refractivity contribution in [2.75, 3.05) is 0 Å². The minimum Gasteiger partial charge on any atom is -0.251 e. The molecule has 2 heterocycles. The predicted octanol–water partition coefficient (Wildman–Crippen LogP) is 6.62. The average Bonchev–Trinajstić information content (AvgIpc) is 3.18. The molecule has 0 unspecified atom stereocenters. The van der Waals surface area contributed by atoms with Crippen LogP contribution in [0.25, 0.3) is 20.9 Å². The highest BCUT2D eigenvalue weighted by Gasteiger charge is 2.10. The average molecular weight is 386 g/mol. The maximum atomic E-state index is 4.99. The Bertz CT molecular complexity index is 1100. The molecule has 0 atom stereocenters.